The van der Waals surface area contributed by atoms with E-state index in [-0.39, 0.29) is 26.0 Å². The zero-order valence-electron chi connectivity index (χ0n) is 11.1. The minimum atomic E-state index is -3.63. The molecule has 1 aliphatic heterocycles. The number of rotatable bonds is 3. The summed E-state index contributed by atoms with van der Waals surface area (Å²) in [4.78, 5) is 0.0360. The molecule has 0 bridgehead atoms. The maximum atomic E-state index is 12.8. The van der Waals surface area contributed by atoms with Gasteiger partial charge in [-0.05, 0) is 31.4 Å². The molecule has 0 aliphatic carbocycles. The van der Waals surface area contributed by atoms with Crippen LogP contribution in [0.25, 0.3) is 0 Å². The van der Waals surface area contributed by atoms with Gasteiger partial charge in [-0.1, -0.05) is 48.1 Å². The second-order valence-electron chi connectivity index (χ2n) is 4.85. The standard InChI is InChI=1S/C13H16Cl3NO2S/c1-2-9-5-3-4-8-17(9)20(18,19)11-7-6-10(14)12(15)13(11)16/h6-7,9H,2-5,8H2,1H3/t9-/m0/s1. The van der Waals surface area contributed by atoms with Crippen LogP contribution in [0.1, 0.15) is 32.6 Å². The highest BCUT2D eigenvalue weighted by Gasteiger charge is 2.34. The van der Waals surface area contributed by atoms with Gasteiger partial charge in [0.05, 0.1) is 15.1 Å². The first-order valence-corrected chi connectivity index (χ1v) is 9.12. The zero-order chi connectivity index (χ0) is 14.9. The van der Waals surface area contributed by atoms with E-state index in [1.54, 1.807) is 4.31 Å². The average Bonchev–Trinajstić information content (AvgIpc) is 2.44. The third-order valence-corrected chi connectivity index (χ3v) is 7.03. The summed E-state index contributed by atoms with van der Waals surface area (Å²) < 4.78 is 27.1. The average molecular weight is 357 g/mol. The lowest BCUT2D eigenvalue weighted by Crippen LogP contribution is -2.43. The molecular weight excluding hydrogens is 341 g/mol. The van der Waals surface area contributed by atoms with E-state index in [1.165, 1.54) is 12.1 Å². The minimum Gasteiger partial charge on any atom is -0.207 e. The van der Waals surface area contributed by atoms with Crippen LogP contribution in [-0.2, 0) is 10.0 Å². The van der Waals surface area contributed by atoms with E-state index in [0.717, 1.165) is 25.7 Å². The van der Waals surface area contributed by atoms with Crippen LogP contribution in [0, 0.1) is 0 Å². The predicted molar refractivity (Wildman–Crippen MR) is 83.3 cm³/mol. The first kappa shape index (κ1) is 16.4. The van der Waals surface area contributed by atoms with E-state index < -0.39 is 10.0 Å². The summed E-state index contributed by atoms with van der Waals surface area (Å²) in [6, 6.07) is 2.92. The van der Waals surface area contributed by atoms with Crippen molar-refractivity contribution in [1.29, 1.82) is 0 Å². The van der Waals surface area contributed by atoms with Gasteiger partial charge in [0.15, 0.2) is 0 Å². The maximum Gasteiger partial charge on any atom is 0.244 e. The number of sulfonamides is 1. The highest BCUT2D eigenvalue weighted by molar-refractivity contribution is 7.89. The monoisotopic (exact) mass is 355 g/mol. The Balaban J connectivity index is 2.47. The summed E-state index contributed by atoms with van der Waals surface area (Å²) in [7, 11) is -3.63. The minimum absolute atomic E-state index is 0.000377. The molecule has 3 nitrogen and oxygen atoms in total. The molecule has 1 heterocycles. The van der Waals surface area contributed by atoms with E-state index in [0.29, 0.717) is 6.54 Å². The number of nitrogens with zero attached hydrogens (tertiary/aromatic N) is 1. The highest BCUT2D eigenvalue weighted by atomic mass is 35.5. The molecule has 1 atom stereocenters. The molecule has 1 saturated heterocycles. The van der Waals surface area contributed by atoms with Gasteiger partial charge in [0, 0.05) is 12.6 Å². The van der Waals surface area contributed by atoms with Crippen molar-refractivity contribution in [3.8, 4) is 0 Å². The van der Waals surface area contributed by atoms with Gasteiger partial charge in [0.2, 0.25) is 10.0 Å². The maximum absolute atomic E-state index is 12.8. The quantitative estimate of drug-likeness (QED) is 0.742. The van der Waals surface area contributed by atoms with Crippen molar-refractivity contribution in [2.24, 2.45) is 0 Å². The van der Waals surface area contributed by atoms with Gasteiger partial charge in [-0.2, -0.15) is 4.31 Å². The molecule has 0 aromatic heterocycles. The van der Waals surface area contributed by atoms with Crippen molar-refractivity contribution in [2.45, 2.75) is 43.5 Å². The van der Waals surface area contributed by atoms with E-state index in [9.17, 15) is 8.42 Å². The smallest absolute Gasteiger partial charge is 0.207 e. The first-order chi connectivity index (χ1) is 9.39. The number of benzene rings is 1. The molecule has 0 unspecified atom stereocenters. The van der Waals surface area contributed by atoms with E-state index in [4.69, 9.17) is 34.8 Å². The Morgan fingerprint density at radius 1 is 1.20 bits per heavy atom. The molecular formula is C13H16Cl3NO2S. The Morgan fingerprint density at radius 3 is 2.55 bits per heavy atom. The summed E-state index contributed by atoms with van der Waals surface area (Å²) in [6.45, 7) is 2.52. The van der Waals surface area contributed by atoms with Crippen LogP contribution in [-0.4, -0.2) is 25.3 Å². The molecule has 112 valence electrons. The fourth-order valence-electron chi connectivity index (χ4n) is 2.53. The highest BCUT2D eigenvalue weighted by Crippen LogP contribution is 2.37. The van der Waals surface area contributed by atoms with Crippen LogP contribution in [0.15, 0.2) is 17.0 Å². The Bertz CT molecular complexity index is 604. The van der Waals surface area contributed by atoms with Crippen molar-refractivity contribution in [3.63, 3.8) is 0 Å². The molecule has 0 N–H and O–H groups in total. The molecule has 0 spiro atoms. The molecule has 2 rings (SSSR count). The molecule has 1 aliphatic rings. The van der Waals surface area contributed by atoms with Gasteiger partial charge in [0.25, 0.3) is 0 Å². The molecule has 0 radical (unpaired) electrons. The molecule has 7 heteroatoms. The lowest BCUT2D eigenvalue weighted by Gasteiger charge is -2.34. The molecule has 1 aromatic carbocycles. The SMILES string of the molecule is CC[C@H]1CCCCN1S(=O)(=O)c1ccc(Cl)c(Cl)c1Cl. The third-order valence-electron chi connectivity index (χ3n) is 3.63. The van der Waals surface area contributed by atoms with E-state index >= 15 is 0 Å². The molecule has 0 amide bonds. The topological polar surface area (TPSA) is 37.4 Å². The van der Waals surface area contributed by atoms with Crippen molar-refractivity contribution in [1.82, 2.24) is 4.31 Å². The fourth-order valence-corrected chi connectivity index (χ4v) is 5.25. The predicted octanol–water partition coefficient (Wildman–Crippen LogP) is 4.60. The molecule has 1 aromatic rings. The van der Waals surface area contributed by atoms with Gasteiger partial charge >= 0.3 is 0 Å². The zero-order valence-corrected chi connectivity index (χ0v) is 14.2. The van der Waals surface area contributed by atoms with Gasteiger partial charge in [0.1, 0.15) is 4.90 Å². The number of piperidine rings is 1. The van der Waals surface area contributed by atoms with Crippen LogP contribution in [0.5, 0.6) is 0 Å². The second-order valence-corrected chi connectivity index (χ2v) is 7.87. The van der Waals surface area contributed by atoms with Gasteiger partial charge in [-0.3, -0.25) is 0 Å². The summed E-state index contributed by atoms with van der Waals surface area (Å²) in [5.41, 5.74) is 0. The number of hydrogen-bond acceptors (Lipinski definition) is 2. The lowest BCUT2D eigenvalue weighted by atomic mass is 10.0. The second kappa shape index (κ2) is 6.41. The largest absolute Gasteiger partial charge is 0.244 e. The van der Waals surface area contributed by atoms with Crippen LogP contribution in [0.4, 0.5) is 0 Å². The van der Waals surface area contributed by atoms with Crippen LogP contribution < -0.4 is 0 Å². The summed E-state index contributed by atoms with van der Waals surface area (Å²) >= 11 is 17.9. The van der Waals surface area contributed by atoms with E-state index in [2.05, 4.69) is 0 Å². The summed E-state index contributed by atoms with van der Waals surface area (Å²) in [6.07, 6.45) is 3.60. The van der Waals surface area contributed by atoms with Crippen LogP contribution in [0.3, 0.4) is 0 Å². The molecule has 0 saturated carbocycles. The normalized spacial score (nSPS) is 21.1. The van der Waals surface area contributed by atoms with Crippen LogP contribution in [0.2, 0.25) is 15.1 Å². The first-order valence-electron chi connectivity index (χ1n) is 6.55. The summed E-state index contributed by atoms with van der Waals surface area (Å²) in [5.74, 6) is 0. The van der Waals surface area contributed by atoms with Crippen molar-refractivity contribution in [2.75, 3.05) is 6.54 Å². The van der Waals surface area contributed by atoms with Gasteiger partial charge in [-0.15, -0.1) is 0 Å². The lowest BCUT2D eigenvalue weighted by molar-refractivity contribution is 0.246. The van der Waals surface area contributed by atoms with Crippen LogP contribution >= 0.6 is 34.8 Å². The Hall–Kier alpha value is -0.000000000000000167. The van der Waals surface area contributed by atoms with E-state index in [1.807, 2.05) is 6.92 Å². The number of hydrogen-bond donors (Lipinski definition) is 0. The Morgan fingerprint density at radius 2 is 1.90 bits per heavy atom. The molecule has 1 fully saturated rings. The Labute approximate surface area is 134 Å². The Kier molecular flexibility index (Phi) is 5.24. The van der Waals surface area contributed by atoms with Gasteiger partial charge < -0.3 is 0 Å². The molecule has 20 heavy (non-hydrogen) atoms. The van der Waals surface area contributed by atoms with Gasteiger partial charge in [-0.25, -0.2) is 8.42 Å². The third kappa shape index (κ3) is 2.95. The van der Waals surface area contributed by atoms with Crippen molar-refractivity contribution >= 4 is 44.8 Å². The van der Waals surface area contributed by atoms with Crippen molar-refractivity contribution in [3.05, 3.63) is 27.2 Å². The number of halogens is 3. The summed E-state index contributed by atoms with van der Waals surface area (Å²) in [5, 5.41) is 0.334. The van der Waals surface area contributed by atoms with Crippen molar-refractivity contribution < 1.29 is 8.42 Å². The fraction of sp³-hybridized carbons (Fsp3) is 0.538.